The molecular weight excluding hydrogens is 251 g/mol. The molecule has 1 saturated heterocycles. The molecule has 100 valence electrons. The van der Waals surface area contributed by atoms with Crippen molar-refractivity contribution in [2.45, 2.75) is 31.8 Å². The van der Waals surface area contributed by atoms with Crippen LogP contribution in [0.25, 0.3) is 0 Å². The number of hydrogen-bond donors (Lipinski definition) is 1. The molecule has 0 saturated carbocycles. The molecule has 18 heavy (non-hydrogen) atoms. The van der Waals surface area contributed by atoms with Gasteiger partial charge >= 0.3 is 0 Å². The van der Waals surface area contributed by atoms with Gasteiger partial charge in [0.25, 0.3) is 0 Å². The maximum absolute atomic E-state index is 13.8. The Hall–Kier alpha value is -0.640. The predicted octanol–water partition coefficient (Wildman–Crippen LogP) is 3.05. The third kappa shape index (κ3) is 3.22. The normalized spacial score (nSPS) is 21.2. The molecule has 0 radical (unpaired) electrons. The van der Waals surface area contributed by atoms with Crippen molar-refractivity contribution in [2.24, 2.45) is 0 Å². The number of likely N-dealkylation sites (N-methyl/N-ethyl adjacent to an activating group) is 1. The molecule has 1 aromatic carbocycles. The largest absolute Gasteiger partial charge is 0.318 e. The summed E-state index contributed by atoms with van der Waals surface area (Å²) in [7, 11) is 1.96. The lowest BCUT2D eigenvalue weighted by Crippen LogP contribution is -2.44. The van der Waals surface area contributed by atoms with Crippen LogP contribution in [0.2, 0.25) is 5.02 Å². The number of halogens is 2. The van der Waals surface area contributed by atoms with Gasteiger partial charge in [0, 0.05) is 29.7 Å². The average Bonchev–Trinajstić information content (AvgIpc) is 2.36. The zero-order chi connectivity index (χ0) is 13.0. The van der Waals surface area contributed by atoms with E-state index in [4.69, 9.17) is 11.6 Å². The average molecular weight is 271 g/mol. The summed E-state index contributed by atoms with van der Waals surface area (Å²) >= 11 is 6.09. The molecule has 4 heteroatoms. The van der Waals surface area contributed by atoms with Gasteiger partial charge in [0.1, 0.15) is 5.82 Å². The molecule has 2 rings (SSSR count). The molecule has 1 aromatic rings. The highest BCUT2D eigenvalue weighted by Crippen LogP contribution is 2.24. The number of nitrogens with one attached hydrogen (secondary N) is 1. The first-order chi connectivity index (χ1) is 8.72. The summed E-state index contributed by atoms with van der Waals surface area (Å²) in [6.45, 7) is 2.58. The zero-order valence-electron chi connectivity index (χ0n) is 10.8. The monoisotopic (exact) mass is 270 g/mol. The molecule has 1 fully saturated rings. The van der Waals surface area contributed by atoms with Gasteiger partial charge in [-0.25, -0.2) is 4.39 Å². The Kier molecular flexibility index (Phi) is 4.98. The third-order valence-electron chi connectivity index (χ3n) is 3.61. The van der Waals surface area contributed by atoms with Crippen LogP contribution in [0.1, 0.15) is 24.8 Å². The molecule has 1 aliphatic rings. The Balaban J connectivity index is 2.11. The molecule has 1 heterocycles. The van der Waals surface area contributed by atoms with Crippen molar-refractivity contribution in [3.05, 3.63) is 34.6 Å². The molecule has 0 spiro atoms. The van der Waals surface area contributed by atoms with Crippen LogP contribution in [-0.2, 0) is 6.54 Å². The summed E-state index contributed by atoms with van der Waals surface area (Å²) in [5, 5.41) is 3.75. The smallest absolute Gasteiger partial charge is 0.129 e. The van der Waals surface area contributed by atoms with Crippen molar-refractivity contribution >= 4 is 11.6 Å². The molecule has 1 atom stereocenters. The Bertz CT molecular complexity index is 375. The van der Waals surface area contributed by atoms with E-state index in [0.717, 1.165) is 13.1 Å². The second kappa shape index (κ2) is 6.50. The van der Waals surface area contributed by atoms with Crippen molar-refractivity contribution < 1.29 is 4.39 Å². The van der Waals surface area contributed by atoms with Gasteiger partial charge in [0.2, 0.25) is 0 Å². The van der Waals surface area contributed by atoms with Crippen LogP contribution in [0.3, 0.4) is 0 Å². The molecule has 0 amide bonds. The van der Waals surface area contributed by atoms with Crippen LogP contribution in [-0.4, -0.2) is 31.1 Å². The number of benzene rings is 1. The topological polar surface area (TPSA) is 15.3 Å². The van der Waals surface area contributed by atoms with Crippen molar-refractivity contribution in [2.75, 3.05) is 20.1 Å². The molecular formula is C14H20ClFN2. The maximum Gasteiger partial charge on any atom is 0.129 e. The minimum atomic E-state index is -0.198. The van der Waals surface area contributed by atoms with E-state index in [1.807, 2.05) is 7.05 Å². The van der Waals surface area contributed by atoms with E-state index in [1.54, 1.807) is 12.1 Å². The van der Waals surface area contributed by atoms with E-state index >= 15 is 0 Å². The molecule has 0 aromatic heterocycles. The molecule has 1 unspecified atom stereocenters. The molecule has 1 aliphatic heterocycles. The number of piperidine rings is 1. The molecule has 0 bridgehead atoms. The first-order valence-corrected chi connectivity index (χ1v) is 6.91. The van der Waals surface area contributed by atoms with Gasteiger partial charge in [0.15, 0.2) is 0 Å². The fraction of sp³-hybridized carbons (Fsp3) is 0.571. The first kappa shape index (κ1) is 13.8. The van der Waals surface area contributed by atoms with Gasteiger partial charge in [0.05, 0.1) is 0 Å². The van der Waals surface area contributed by atoms with Gasteiger partial charge in [-0.15, -0.1) is 0 Å². The minimum absolute atomic E-state index is 0.198. The number of rotatable bonds is 4. The SMILES string of the molecule is CNCC1CCCCN1Cc1c(F)cccc1Cl. The lowest BCUT2D eigenvalue weighted by molar-refractivity contribution is 0.138. The van der Waals surface area contributed by atoms with E-state index in [1.165, 1.54) is 25.3 Å². The predicted molar refractivity (Wildman–Crippen MR) is 73.4 cm³/mol. The summed E-state index contributed by atoms with van der Waals surface area (Å²) in [4.78, 5) is 2.34. The summed E-state index contributed by atoms with van der Waals surface area (Å²) < 4.78 is 13.8. The molecule has 1 N–H and O–H groups in total. The van der Waals surface area contributed by atoms with Crippen molar-refractivity contribution in [3.63, 3.8) is 0 Å². The van der Waals surface area contributed by atoms with Gasteiger partial charge in [-0.05, 0) is 38.6 Å². The minimum Gasteiger partial charge on any atom is -0.318 e. The number of nitrogens with zero attached hydrogens (tertiary/aromatic N) is 1. The van der Waals surface area contributed by atoms with E-state index in [0.29, 0.717) is 23.2 Å². The standard InChI is InChI=1S/C14H20ClFN2/c1-17-9-11-5-2-3-8-18(11)10-12-13(15)6-4-7-14(12)16/h4,6-7,11,17H,2-3,5,8-10H2,1H3. The highest BCUT2D eigenvalue weighted by atomic mass is 35.5. The first-order valence-electron chi connectivity index (χ1n) is 6.54. The van der Waals surface area contributed by atoms with E-state index in [-0.39, 0.29) is 5.82 Å². The Morgan fingerprint density at radius 1 is 1.44 bits per heavy atom. The van der Waals surface area contributed by atoms with Crippen LogP contribution in [0.15, 0.2) is 18.2 Å². The van der Waals surface area contributed by atoms with Gasteiger partial charge in [-0.2, -0.15) is 0 Å². The Labute approximate surface area is 113 Å². The van der Waals surface area contributed by atoms with E-state index in [9.17, 15) is 4.39 Å². The van der Waals surface area contributed by atoms with E-state index in [2.05, 4.69) is 10.2 Å². The van der Waals surface area contributed by atoms with Gasteiger partial charge in [-0.1, -0.05) is 24.1 Å². The molecule has 2 nitrogen and oxygen atoms in total. The number of hydrogen-bond acceptors (Lipinski definition) is 2. The number of likely N-dealkylation sites (tertiary alicyclic amines) is 1. The Morgan fingerprint density at radius 3 is 3.00 bits per heavy atom. The fourth-order valence-corrected chi connectivity index (χ4v) is 2.84. The lowest BCUT2D eigenvalue weighted by atomic mass is 10.0. The maximum atomic E-state index is 13.8. The Morgan fingerprint density at radius 2 is 2.28 bits per heavy atom. The summed E-state index contributed by atoms with van der Waals surface area (Å²) in [5.41, 5.74) is 0.627. The lowest BCUT2D eigenvalue weighted by Gasteiger charge is -2.35. The molecule has 0 aliphatic carbocycles. The quantitative estimate of drug-likeness (QED) is 0.905. The summed E-state index contributed by atoms with van der Waals surface area (Å²) in [5.74, 6) is -0.198. The van der Waals surface area contributed by atoms with Gasteiger partial charge < -0.3 is 5.32 Å². The fourth-order valence-electron chi connectivity index (χ4n) is 2.62. The second-order valence-electron chi connectivity index (χ2n) is 4.88. The highest BCUT2D eigenvalue weighted by molar-refractivity contribution is 6.31. The van der Waals surface area contributed by atoms with Crippen LogP contribution in [0.4, 0.5) is 4.39 Å². The van der Waals surface area contributed by atoms with E-state index < -0.39 is 0 Å². The van der Waals surface area contributed by atoms with Crippen molar-refractivity contribution in [3.8, 4) is 0 Å². The van der Waals surface area contributed by atoms with Gasteiger partial charge in [-0.3, -0.25) is 4.90 Å². The summed E-state index contributed by atoms with van der Waals surface area (Å²) in [6.07, 6.45) is 3.62. The second-order valence-corrected chi connectivity index (χ2v) is 5.29. The van der Waals surface area contributed by atoms with Crippen LogP contribution in [0.5, 0.6) is 0 Å². The van der Waals surface area contributed by atoms with Crippen molar-refractivity contribution in [1.29, 1.82) is 0 Å². The zero-order valence-corrected chi connectivity index (χ0v) is 11.5. The highest BCUT2D eigenvalue weighted by Gasteiger charge is 2.23. The summed E-state index contributed by atoms with van der Waals surface area (Å²) in [6, 6.07) is 5.39. The van der Waals surface area contributed by atoms with Crippen LogP contribution >= 0.6 is 11.6 Å². The van der Waals surface area contributed by atoms with Crippen molar-refractivity contribution in [1.82, 2.24) is 10.2 Å². The van der Waals surface area contributed by atoms with Crippen LogP contribution in [0, 0.1) is 5.82 Å². The van der Waals surface area contributed by atoms with Crippen LogP contribution < -0.4 is 5.32 Å². The third-order valence-corrected chi connectivity index (χ3v) is 3.97.